The highest BCUT2D eigenvalue weighted by Crippen LogP contribution is 2.43. The molecule has 2 unspecified atom stereocenters. The number of thioether (sulfide) groups is 1. The van der Waals surface area contributed by atoms with E-state index in [4.69, 9.17) is 26.1 Å². The molecule has 0 saturated carbocycles. The summed E-state index contributed by atoms with van der Waals surface area (Å²) < 4.78 is 21.7. The fraction of sp³-hybridized carbons (Fsp3) is 0.833. The number of hydrogen-bond donors (Lipinski definition) is 5. The van der Waals surface area contributed by atoms with Crippen LogP contribution < -0.4 is 5.32 Å². The average molecular weight is 503 g/mol. The monoisotopic (exact) mass is 502 g/mol. The highest BCUT2D eigenvalue weighted by atomic mass is 35.5. The quantitative estimate of drug-likeness (QED) is 0.180. The van der Waals surface area contributed by atoms with E-state index in [1.165, 1.54) is 5.57 Å². The number of likely N-dealkylation sites (tertiary alicyclic amines) is 1. The standard InChI is InChI=1S/C18H32ClN2O8PS/c1-5-6-10-7-11(21(3)8-10)17(24)20-12(9(2)19)15-13(22)14(23)16(18(28-15)31-4)29-30(25,26)27/h6,9,11-16,18,22-23H,5,7-8H2,1-4H3,(H,20,24)(H2,25,26,27)/b10-6+/t9?,11-,12?,13+,14-,15+,16+,18+/m0/s1. The van der Waals surface area contributed by atoms with Crippen LogP contribution in [0.3, 0.4) is 0 Å². The second-order valence-electron chi connectivity index (χ2n) is 7.86. The lowest BCUT2D eigenvalue weighted by Gasteiger charge is -2.45. The SMILES string of the molecule is CC/C=C1\C[C@@H](C(=O)NC(C(C)Cl)[C@H]2O[C@H](SC)[C@H](OP(=O)(O)O)[C@@H](O)[C@H]2O)N(C)C1. The zero-order valence-electron chi connectivity index (χ0n) is 17.9. The van der Waals surface area contributed by atoms with Crippen LogP contribution in [0.4, 0.5) is 0 Å². The van der Waals surface area contributed by atoms with E-state index in [0.29, 0.717) is 13.0 Å². The van der Waals surface area contributed by atoms with E-state index in [0.717, 1.165) is 18.2 Å². The van der Waals surface area contributed by atoms with Gasteiger partial charge in [-0.05, 0) is 33.1 Å². The van der Waals surface area contributed by atoms with Gasteiger partial charge in [0.25, 0.3) is 0 Å². The molecule has 10 nitrogen and oxygen atoms in total. The van der Waals surface area contributed by atoms with Gasteiger partial charge in [-0.15, -0.1) is 23.4 Å². The number of hydrogen-bond acceptors (Lipinski definition) is 8. The molecule has 8 atom stereocenters. The van der Waals surface area contributed by atoms with Gasteiger partial charge in [-0.2, -0.15) is 0 Å². The van der Waals surface area contributed by atoms with Crippen molar-refractivity contribution in [1.82, 2.24) is 10.2 Å². The van der Waals surface area contributed by atoms with Crippen LogP contribution >= 0.6 is 31.2 Å². The molecule has 2 heterocycles. The van der Waals surface area contributed by atoms with Crippen LogP contribution in [0.15, 0.2) is 11.6 Å². The number of phosphoric acid groups is 1. The Kier molecular flexibility index (Phi) is 9.85. The van der Waals surface area contributed by atoms with E-state index in [1.807, 2.05) is 18.9 Å². The van der Waals surface area contributed by atoms with Crippen LogP contribution in [0, 0.1) is 0 Å². The minimum atomic E-state index is -4.94. The molecular formula is C18H32ClN2O8PS. The molecule has 180 valence electrons. The summed E-state index contributed by atoms with van der Waals surface area (Å²) in [5.74, 6) is -0.279. The summed E-state index contributed by atoms with van der Waals surface area (Å²) in [4.78, 5) is 33.1. The molecule has 2 aliphatic heterocycles. The molecule has 2 rings (SSSR count). The van der Waals surface area contributed by atoms with Crippen molar-refractivity contribution in [3.05, 3.63) is 11.6 Å². The van der Waals surface area contributed by atoms with Gasteiger partial charge in [-0.25, -0.2) is 4.57 Å². The topological polar surface area (TPSA) is 149 Å². The first-order chi connectivity index (χ1) is 14.4. The van der Waals surface area contributed by atoms with E-state index in [9.17, 15) is 19.6 Å². The maximum absolute atomic E-state index is 13.0. The van der Waals surface area contributed by atoms with Crippen LogP contribution in [0.1, 0.15) is 26.7 Å². The molecule has 2 fully saturated rings. The number of carbonyl (C=O) groups is 1. The number of carbonyl (C=O) groups excluding carboxylic acids is 1. The third kappa shape index (κ3) is 6.89. The van der Waals surface area contributed by atoms with Crippen molar-refractivity contribution in [3.8, 4) is 0 Å². The second-order valence-corrected chi connectivity index (χ2v) is 10.7. The van der Waals surface area contributed by atoms with Crippen LogP contribution in [0.2, 0.25) is 0 Å². The Balaban J connectivity index is 2.18. The van der Waals surface area contributed by atoms with Crippen LogP contribution in [-0.2, 0) is 18.6 Å². The van der Waals surface area contributed by atoms with Crippen molar-refractivity contribution >= 4 is 37.1 Å². The Morgan fingerprint density at radius 1 is 1.45 bits per heavy atom. The van der Waals surface area contributed by atoms with Crippen molar-refractivity contribution in [2.45, 2.75) is 74.0 Å². The summed E-state index contributed by atoms with van der Waals surface area (Å²) in [5.41, 5.74) is 0.170. The Morgan fingerprint density at radius 2 is 2.10 bits per heavy atom. The average Bonchev–Trinajstić information content (AvgIpc) is 3.03. The van der Waals surface area contributed by atoms with Gasteiger partial charge < -0.3 is 30.1 Å². The maximum atomic E-state index is 13.0. The largest absolute Gasteiger partial charge is 0.470 e. The molecule has 0 aromatic rings. The van der Waals surface area contributed by atoms with Crippen molar-refractivity contribution in [3.63, 3.8) is 0 Å². The van der Waals surface area contributed by atoms with Gasteiger partial charge in [0.05, 0.1) is 17.5 Å². The van der Waals surface area contributed by atoms with Gasteiger partial charge >= 0.3 is 7.82 Å². The molecule has 0 spiro atoms. The van der Waals surface area contributed by atoms with Crippen molar-refractivity contribution in [2.75, 3.05) is 19.8 Å². The number of alkyl halides is 1. The smallest absolute Gasteiger partial charge is 0.388 e. The fourth-order valence-corrected chi connectivity index (χ4v) is 5.53. The first kappa shape index (κ1) is 27.0. The predicted molar refractivity (Wildman–Crippen MR) is 118 cm³/mol. The number of rotatable bonds is 8. The number of nitrogens with one attached hydrogen (secondary N) is 1. The van der Waals surface area contributed by atoms with E-state index in [1.54, 1.807) is 13.2 Å². The van der Waals surface area contributed by atoms with E-state index < -0.39 is 55.1 Å². The third-order valence-corrected chi connectivity index (χ3v) is 7.10. The molecule has 2 aliphatic rings. The van der Waals surface area contributed by atoms with Crippen LogP contribution in [0.5, 0.6) is 0 Å². The molecule has 0 radical (unpaired) electrons. The second kappa shape index (κ2) is 11.3. The third-order valence-electron chi connectivity index (χ3n) is 5.47. The van der Waals surface area contributed by atoms with Crippen LogP contribution in [0.25, 0.3) is 0 Å². The Hall–Kier alpha value is -0.200. The van der Waals surface area contributed by atoms with Gasteiger partial charge in [0.15, 0.2) is 0 Å². The molecule has 2 saturated heterocycles. The van der Waals surface area contributed by atoms with Crippen LogP contribution in [-0.4, -0.2) is 98.0 Å². The first-order valence-electron chi connectivity index (χ1n) is 10.0. The number of ether oxygens (including phenoxy) is 1. The van der Waals surface area contributed by atoms with Crippen molar-refractivity contribution < 1.29 is 38.6 Å². The molecule has 0 aliphatic carbocycles. The lowest BCUT2D eigenvalue weighted by Crippen LogP contribution is -2.65. The van der Waals surface area contributed by atoms with E-state index in [-0.39, 0.29) is 5.91 Å². The molecule has 1 amide bonds. The van der Waals surface area contributed by atoms with Crippen molar-refractivity contribution in [2.24, 2.45) is 0 Å². The number of halogens is 1. The lowest BCUT2D eigenvalue weighted by molar-refractivity contribution is -0.201. The first-order valence-corrected chi connectivity index (χ1v) is 13.3. The van der Waals surface area contributed by atoms with Gasteiger partial charge in [-0.3, -0.25) is 14.2 Å². The van der Waals surface area contributed by atoms with Gasteiger partial charge in [0, 0.05) is 6.54 Å². The zero-order valence-corrected chi connectivity index (χ0v) is 20.4. The minimum absolute atomic E-state index is 0.279. The predicted octanol–water partition coefficient (Wildman–Crippen LogP) is 0.427. The molecule has 0 bridgehead atoms. The van der Waals surface area contributed by atoms with Gasteiger partial charge in [-0.1, -0.05) is 18.6 Å². The Labute approximate surface area is 191 Å². The number of nitrogens with zero attached hydrogens (tertiary/aromatic N) is 1. The summed E-state index contributed by atoms with van der Waals surface area (Å²) in [5, 5.41) is 23.3. The highest BCUT2D eigenvalue weighted by molar-refractivity contribution is 7.99. The maximum Gasteiger partial charge on any atom is 0.470 e. The molecule has 0 aromatic heterocycles. The summed E-state index contributed by atoms with van der Waals surface area (Å²) in [6.07, 6.45) is -0.663. The number of aliphatic hydroxyl groups excluding tert-OH is 2. The molecule has 0 aromatic carbocycles. The lowest BCUT2D eigenvalue weighted by atomic mass is 9.93. The normalized spacial score (nSPS) is 35.8. The molecule has 31 heavy (non-hydrogen) atoms. The number of aliphatic hydroxyl groups is 2. The van der Waals surface area contributed by atoms with Gasteiger partial charge in [0.2, 0.25) is 5.91 Å². The van der Waals surface area contributed by atoms with E-state index >= 15 is 0 Å². The highest BCUT2D eigenvalue weighted by Gasteiger charge is 2.51. The molecule has 5 N–H and O–H groups in total. The van der Waals surface area contributed by atoms with Gasteiger partial charge in [0.1, 0.15) is 29.9 Å². The molecular weight excluding hydrogens is 471 g/mol. The Bertz CT molecular complexity index is 706. The summed E-state index contributed by atoms with van der Waals surface area (Å²) in [6, 6.07) is -1.26. The minimum Gasteiger partial charge on any atom is -0.388 e. The zero-order chi connectivity index (χ0) is 23.5. The summed E-state index contributed by atoms with van der Waals surface area (Å²) in [7, 11) is -3.09. The van der Waals surface area contributed by atoms with E-state index in [2.05, 4.69) is 15.9 Å². The number of allylic oxidation sites excluding steroid dienone is 1. The number of likely N-dealkylation sites (N-methyl/N-ethyl adjacent to an activating group) is 1. The Morgan fingerprint density at radius 3 is 2.61 bits per heavy atom. The number of amides is 1. The summed E-state index contributed by atoms with van der Waals surface area (Å²) in [6.45, 7) is 4.34. The summed E-state index contributed by atoms with van der Waals surface area (Å²) >= 11 is 7.36. The number of phosphoric ester groups is 1. The fourth-order valence-electron chi connectivity index (χ4n) is 3.97. The molecule has 13 heteroatoms. The van der Waals surface area contributed by atoms with Crippen molar-refractivity contribution in [1.29, 1.82) is 0 Å².